The molecule has 3 rings (SSSR count). The van der Waals surface area contributed by atoms with E-state index in [0.29, 0.717) is 11.8 Å². The van der Waals surface area contributed by atoms with Crippen LogP contribution in [0.3, 0.4) is 0 Å². The molecule has 2 heterocycles. The summed E-state index contributed by atoms with van der Waals surface area (Å²) in [6, 6.07) is 5.37. The van der Waals surface area contributed by atoms with Crippen molar-refractivity contribution in [3.63, 3.8) is 0 Å². The zero-order valence-electron chi connectivity index (χ0n) is 13.1. The summed E-state index contributed by atoms with van der Waals surface area (Å²) in [5.74, 6) is 0.425. The van der Waals surface area contributed by atoms with Crippen LogP contribution in [-0.4, -0.2) is 22.4 Å². The summed E-state index contributed by atoms with van der Waals surface area (Å²) in [6.45, 7) is 3.79. The van der Waals surface area contributed by atoms with Gasteiger partial charge in [0.1, 0.15) is 11.3 Å². The number of carbonyl (C=O) groups is 1. The van der Waals surface area contributed by atoms with E-state index in [1.54, 1.807) is 36.5 Å². The molecular formula is C17H20N2O3. The molecule has 1 fully saturated rings. The number of furan rings is 1. The van der Waals surface area contributed by atoms with Gasteiger partial charge >= 0.3 is 0 Å². The van der Waals surface area contributed by atoms with E-state index in [9.17, 15) is 9.59 Å². The number of nitrogens with zero attached hydrogens (tertiary/aromatic N) is 2. The number of aromatic nitrogens is 1. The summed E-state index contributed by atoms with van der Waals surface area (Å²) in [7, 11) is 1.69. The van der Waals surface area contributed by atoms with Gasteiger partial charge in [0.15, 0.2) is 5.43 Å². The maximum atomic E-state index is 12.7. The molecule has 5 heteroatoms. The molecule has 0 aromatic carbocycles. The van der Waals surface area contributed by atoms with Crippen molar-refractivity contribution in [2.75, 3.05) is 7.05 Å². The van der Waals surface area contributed by atoms with Crippen molar-refractivity contribution in [1.82, 2.24) is 9.47 Å². The third-order valence-corrected chi connectivity index (χ3v) is 4.31. The lowest BCUT2D eigenvalue weighted by molar-refractivity contribution is 0.0724. The van der Waals surface area contributed by atoms with Gasteiger partial charge in [0.25, 0.3) is 5.91 Å². The molecule has 0 N–H and O–H groups in total. The fourth-order valence-electron chi connectivity index (χ4n) is 2.64. The van der Waals surface area contributed by atoms with Crippen molar-refractivity contribution in [2.45, 2.75) is 38.8 Å². The molecule has 0 unspecified atom stereocenters. The van der Waals surface area contributed by atoms with Crippen LogP contribution in [0.4, 0.5) is 0 Å². The normalized spacial score (nSPS) is 15.6. The molecule has 1 aliphatic carbocycles. The predicted molar refractivity (Wildman–Crippen MR) is 82.9 cm³/mol. The van der Waals surface area contributed by atoms with Crippen molar-refractivity contribution in [3.8, 4) is 0 Å². The topological polar surface area (TPSA) is 55.5 Å². The number of amides is 1. The fourth-order valence-corrected chi connectivity index (χ4v) is 2.64. The van der Waals surface area contributed by atoms with Gasteiger partial charge in [0, 0.05) is 31.0 Å². The Hall–Kier alpha value is -2.30. The summed E-state index contributed by atoms with van der Waals surface area (Å²) in [5.41, 5.74) is 0.905. The summed E-state index contributed by atoms with van der Waals surface area (Å²) in [5, 5.41) is 0. The molecule has 1 saturated carbocycles. The summed E-state index contributed by atoms with van der Waals surface area (Å²) >= 11 is 0. The van der Waals surface area contributed by atoms with E-state index in [4.69, 9.17) is 4.42 Å². The molecule has 0 radical (unpaired) electrons. The number of hydrogen-bond acceptors (Lipinski definition) is 3. The minimum Gasteiger partial charge on any atom is -0.467 e. The molecular weight excluding hydrogens is 280 g/mol. The Morgan fingerprint density at radius 3 is 2.77 bits per heavy atom. The summed E-state index contributed by atoms with van der Waals surface area (Å²) in [6.07, 6.45) is 5.51. The zero-order chi connectivity index (χ0) is 15.9. The molecule has 0 saturated heterocycles. The Morgan fingerprint density at radius 2 is 2.18 bits per heavy atom. The molecule has 0 bridgehead atoms. The van der Waals surface area contributed by atoms with Gasteiger partial charge in [-0.15, -0.1) is 0 Å². The van der Waals surface area contributed by atoms with Crippen LogP contribution in [0.1, 0.15) is 53.7 Å². The second-order valence-corrected chi connectivity index (χ2v) is 5.94. The van der Waals surface area contributed by atoms with Crippen LogP contribution in [-0.2, 0) is 0 Å². The van der Waals surface area contributed by atoms with Gasteiger partial charge in [0.2, 0.25) is 0 Å². The SMILES string of the molecule is Cc1cc(=O)c(C(=O)N(C)[C@H](C)c2ccco2)cn1C1CC1. The molecule has 0 aliphatic heterocycles. The summed E-state index contributed by atoms with van der Waals surface area (Å²) in [4.78, 5) is 26.4. The molecule has 22 heavy (non-hydrogen) atoms. The number of pyridine rings is 1. The highest BCUT2D eigenvalue weighted by Gasteiger charge is 2.27. The maximum absolute atomic E-state index is 12.7. The molecule has 0 spiro atoms. The van der Waals surface area contributed by atoms with Crippen molar-refractivity contribution in [3.05, 3.63) is 57.9 Å². The molecule has 1 atom stereocenters. The van der Waals surface area contributed by atoms with E-state index >= 15 is 0 Å². The molecule has 5 nitrogen and oxygen atoms in total. The first kappa shape index (κ1) is 14.6. The molecule has 1 aliphatic rings. The first-order valence-corrected chi connectivity index (χ1v) is 7.52. The van der Waals surface area contributed by atoms with E-state index in [1.807, 2.05) is 24.5 Å². The highest BCUT2D eigenvalue weighted by Crippen LogP contribution is 2.35. The van der Waals surface area contributed by atoms with Gasteiger partial charge in [0.05, 0.1) is 12.3 Å². The number of hydrogen-bond donors (Lipinski definition) is 0. The van der Waals surface area contributed by atoms with E-state index in [2.05, 4.69) is 0 Å². The smallest absolute Gasteiger partial charge is 0.259 e. The highest BCUT2D eigenvalue weighted by molar-refractivity contribution is 5.94. The quantitative estimate of drug-likeness (QED) is 0.872. The van der Waals surface area contributed by atoms with Crippen molar-refractivity contribution < 1.29 is 9.21 Å². The second-order valence-electron chi connectivity index (χ2n) is 5.94. The van der Waals surface area contributed by atoms with E-state index in [-0.39, 0.29) is 22.9 Å². The lowest BCUT2D eigenvalue weighted by Crippen LogP contribution is -2.33. The Bertz CT molecular complexity index is 742. The number of carbonyl (C=O) groups excluding carboxylic acids is 1. The zero-order valence-corrected chi connectivity index (χ0v) is 13.1. The first-order chi connectivity index (χ1) is 10.5. The largest absolute Gasteiger partial charge is 0.467 e. The van der Waals surface area contributed by atoms with Gasteiger partial charge in [-0.3, -0.25) is 9.59 Å². The molecule has 2 aromatic rings. The number of rotatable bonds is 4. The summed E-state index contributed by atoms with van der Waals surface area (Å²) < 4.78 is 7.39. The van der Waals surface area contributed by atoms with Crippen molar-refractivity contribution in [2.24, 2.45) is 0 Å². The monoisotopic (exact) mass is 300 g/mol. The predicted octanol–water partition coefficient (Wildman–Crippen LogP) is 2.92. The lowest BCUT2D eigenvalue weighted by Gasteiger charge is -2.23. The van der Waals surface area contributed by atoms with Crippen LogP contribution in [0.25, 0.3) is 0 Å². The standard InChI is InChI=1S/C17H20N2O3/c1-11-9-15(20)14(10-19(11)13-6-7-13)17(21)18(3)12(2)16-5-4-8-22-16/h4-5,8-10,12-13H,6-7H2,1-3H3/t12-/m1/s1. The van der Waals surface area contributed by atoms with E-state index in [1.165, 1.54) is 0 Å². The first-order valence-electron chi connectivity index (χ1n) is 7.52. The van der Waals surface area contributed by atoms with Crippen LogP contribution in [0, 0.1) is 6.92 Å². The van der Waals surface area contributed by atoms with Gasteiger partial charge in [-0.25, -0.2) is 0 Å². The van der Waals surface area contributed by atoms with Crippen molar-refractivity contribution >= 4 is 5.91 Å². The van der Waals surface area contributed by atoms with E-state index < -0.39 is 0 Å². The van der Waals surface area contributed by atoms with Gasteiger partial charge < -0.3 is 13.9 Å². The molecule has 1 amide bonds. The van der Waals surface area contributed by atoms with Crippen LogP contribution < -0.4 is 5.43 Å². The molecule has 116 valence electrons. The number of aryl methyl sites for hydroxylation is 1. The average Bonchev–Trinajstić information content (AvgIpc) is 3.18. The second kappa shape index (κ2) is 5.48. The minimum absolute atomic E-state index is 0.221. The van der Waals surface area contributed by atoms with Crippen molar-refractivity contribution in [1.29, 1.82) is 0 Å². The maximum Gasteiger partial charge on any atom is 0.259 e. The van der Waals surface area contributed by atoms with Crippen LogP contribution in [0.15, 0.2) is 39.9 Å². The highest BCUT2D eigenvalue weighted by atomic mass is 16.3. The third-order valence-electron chi connectivity index (χ3n) is 4.31. The van der Waals surface area contributed by atoms with E-state index in [0.717, 1.165) is 18.5 Å². The fraction of sp³-hybridized carbons (Fsp3) is 0.412. The Kier molecular flexibility index (Phi) is 3.64. The van der Waals surface area contributed by atoms with Gasteiger partial charge in [-0.05, 0) is 38.8 Å². The minimum atomic E-state index is -0.275. The average molecular weight is 300 g/mol. The Balaban J connectivity index is 1.91. The van der Waals surface area contributed by atoms with Crippen LogP contribution >= 0.6 is 0 Å². The Labute approximate surface area is 129 Å². The van der Waals surface area contributed by atoms with Crippen LogP contribution in [0.5, 0.6) is 0 Å². The van der Waals surface area contributed by atoms with Gasteiger partial charge in [-0.2, -0.15) is 0 Å². The third kappa shape index (κ3) is 2.58. The lowest BCUT2D eigenvalue weighted by atomic mass is 10.1. The Morgan fingerprint density at radius 1 is 1.45 bits per heavy atom. The molecule has 2 aromatic heterocycles. The van der Waals surface area contributed by atoms with Gasteiger partial charge in [-0.1, -0.05) is 0 Å². The van der Waals surface area contributed by atoms with Crippen LogP contribution in [0.2, 0.25) is 0 Å².